The third-order valence-electron chi connectivity index (χ3n) is 4.65. The van der Waals surface area contributed by atoms with Crippen LogP contribution < -0.4 is 0 Å². The molecule has 1 aromatic carbocycles. The smallest absolute Gasteiger partial charge is 0.197 e. The Hall–Kier alpha value is -2.41. The second kappa shape index (κ2) is 5.84. The van der Waals surface area contributed by atoms with Gasteiger partial charge in [-0.2, -0.15) is 5.10 Å². The lowest BCUT2D eigenvalue weighted by molar-refractivity contribution is 0.591. The lowest BCUT2D eigenvalue weighted by atomic mass is 10.2. The molecule has 0 radical (unpaired) electrons. The van der Waals surface area contributed by atoms with Crippen LogP contribution in [-0.2, 0) is 13.0 Å². The predicted octanol–water partition coefficient (Wildman–Crippen LogP) is 3.66. The van der Waals surface area contributed by atoms with Crippen LogP contribution in [0.4, 0.5) is 0 Å². The van der Waals surface area contributed by atoms with Crippen LogP contribution in [0.25, 0.3) is 16.6 Å². The zero-order chi connectivity index (χ0) is 16.8. The molecule has 7 heteroatoms. The summed E-state index contributed by atoms with van der Waals surface area (Å²) in [7, 11) is 0. The fourth-order valence-electron chi connectivity index (χ4n) is 3.44. The third-order valence-corrected chi connectivity index (χ3v) is 5.64. The van der Waals surface area contributed by atoms with Gasteiger partial charge in [0.2, 0.25) is 0 Å². The van der Waals surface area contributed by atoms with E-state index >= 15 is 0 Å². The largest absolute Gasteiger partial charge is 0.306 e. The zero-order valence-electron chi connectivity index (χ0n) is 14.0. The Bertz CT molecular complexity index is 1080. The Labute approximate surface area is 149 Å². The number of nitrogens with zero attached hydrogens (tertiary/aromatic N) is 6. The molecule has 3 aromatic heterocycles. The quantitative estimate of drug-likeness (QED) is 0.516. The van der Waals surface area contributed by atoms with Crippen molar-refractivity contribution in [1.82, 2.24) is 29.4 Å². The van der Waals surface area contributed by atoms with Gasteiger partial charge in [-0.3, -0.25) is 0 Å². The molecule has 126 valence electrons. The summed E-state index contributed by atoms with van der Waals surface area (Å²) in [6.45, 7) is 2.99. The fourth-order valence-corrected chi connectivity index (χ4v) is 4.43. The molecule has 0 saturated heterocycles. The van der Waals surface area contributed by atoms with Crippen molar-refractivity contribution in [3.05, 3.63) is 41.9 Å². The fraction of sp³-hybridized carbons (Fsp3) is 0.333. The van der Waals surface area contributed by atoms with Gasteiger partial charge in [-0.15, -0.1) is 10.2 Å². The van der Waals surface area contributed by atoms with E-state index in [2.05, 4.69) is 32.0 Å². The molecule has 1 aliphatic heterocycles. The van der Waals surface area contributed by atoms with Crippen LogP contribution in [-0.4, -0.2) is 29.4 Å². The number of aromatic nitrogens is 6. The van der Waals surface area contributed by atoms with Crippen molar-refractivity contribution >= 4 is 28.3 Å². The average Bonchev–Trinajstić information content (AvgIpc) is 3.09. The summed E-state index contributed by atoms with van der Waals surface area (Å²) < 4.78 is 4.18. The second-order valence-electron chi connectivity index (χ2n) is 6.45. The summed E-state index contributed by atoms with van der Waals surface area (Å²) >= 11 is 1.61. The number of rotatable bonds is 2. The third kappa shape index (κ3) is 2.50. The molecule has 0 atom stereocenters. The lowest BCUT2D eigenvalue weighted by Gasteiger charge is -2.09. The van der Waals surface area contributed by atoms with Crippen LogP contribution in [0.2, 0.25) is 0 Å². The summed E-state index contributed by atoms with van der Waals surface area (Å²) in [6, 6.07) is 10.3. The number of para-hydroxylation sites is 1. The first-order chi connectivity index (χ1) is 12.3. The topological polar surface area (TPSA) is 60.9 Å². The number of benzene rings is 1. The molecule has 5 rings (SSSR count). The highest BCUT2D eigenvalue weighted by molar-refractivity contribution is 7.99. The first-order valence-corrected chi connectivity index (χ1v) is 9.46. The first kappa shape index (κ1) is 14.9. The minimum atomic E-state index is 0.870. The van der Waals surface area contributed by atoms with Crippen LogP contribution >= 0.6 is 11.8 Å². The molecule has 6 nitrogen and oxygen atoms in total. The predicted molar refractivity (Wildman–Crippen MR) is 96.9 cm³/mol. The van der Waals surface area contributed by atoms with E-state index < -0.39 is 0 Å². The maximum absolute atomic E-state index is 4.85. The van der Waals surface area contributed by atoms with Gasteiger partial charge < -0.3 is 4.57 Å². The molecular weight excluding hydrogens is 332 g/mol. The van der Waals surface area contributed by atoms with E-state index in [1.54, 1.807) is 11.8 Å². The van der Waals surface area contributed by atoms with Gasteiger partial charge in [0, 0.05) is 24.4 Å². The van der Waals surface area contributed by atoms with Crippen molar-refractivity contribution in [1.29, 1.82) is 0 Å². The van der Waals surface area contributed by atoms with E-state index in [0.29, 0.717) is 0 Å². The molecule has 0 saturated carbocycles. The van der Waals surface area contributed by atoms with E-state index in [1.807, 2.05) is 29.6 Å². The van der Waals surface area contributed by atoms with E-state index in [9.17, 15) is 0 Å². The monoisotopic (exact) mass is 350 g/mol. The molecule has 0 N–H and O–H groups in total. The number of hydrogen-bond donors (Lipinski definition) is 0. The van der Waals surface area contributed by atoms with Crippen molar-refractivity contribution < 1.29 is 0 Å². The maximum Gasteiger partial charge on any atom is 0.197 e. The molecular formula is C18H18N6S. The van der Waals surface area contributed by atoms with Gasteiger partial charge in [0.15, 0.2) is 10.8 Å². The summed E-state index contributed by atoms with van der Waals surface area (Å²) in [5, 5.41) is 16.4. The van der Waals surface area contributed by atoms with E-state index in [1.165, 1.54) is 19.3 Å². The highest BCUT2D eigenvalue weighted by atomic mass is 32.2. The lowest BCUT2D eigenvalue weighted by Crippen LogP contribution is -2.03. The van der Waals surface area contributed by atoms with Crippen molar-refractivity contribution in [2.24, 2.45) is 0 Å². The Morgan fingerprint density at radius 3 is 2.96 bits per heavy atom. The zero-order valence-corrected chi connectivity index (χ0v) is 14.8. The van der Waals surface area contributed by atoms with Crippen LogP contribution in [0, 0.1) is 6.92 Å². The van der Waals surface area contributed by atoms with E-state index in [4.69, 9.17) is 4.98 Å². The molecule has 0 bridgehead atoms. The van der Waals surface area contributed by atoms with Gasteiger partial charge in [-0.05, 0) is 37.6 Å². The Morgan fingerprint density at radius 2 is 2.00 bits per heavy atom. The van der Waals surface area contributed by atoms with Gasteiger partial charge in [-0.25, -0.2) is 9.50 Å². The average molecular weight is 350 g/mol. The van der Waals surface area contributed by atoms with Crippen molar-refractivity contribution in [2.45, 2.75) is 49.3 Å². The van der Waals surface area contributed by atoms with Gasteiger partial charge in [0.1, 0.15) is 10.9 Å². The second-order valence-corrected chi connectivity index (χ2v) is 7.41. The highest BCUT2D eigenvalue weighted by Gasteiger charge is 2.18. The molecule has 1 aliphatic rings. The summed E-state index contributed by atoms with van der Waals surface area (Å²) in [5.74, 6) is 1.10. The number of aryl methyl sites for hydroxylation is 2. The summed E-state index contributed by atoms with van der Waals surface area (Å²) in [4.78, 5) is 4.85. The van der Waals surface area contributed by atoms with E-state index in [-0.39, 0.29) is 0 Å². The summed E-state index contributed by atoms with van der Waals surface area (Å²) in [5.41, 5.74) is 2.91. The molecule has 0 spiro atoms. The Morgan fingerprint density at radius 1 is 1.08 bits per heavy atom. The Kier molecular flexibility index (Phi) is 3.48. The van der Waals surface area contributed by atoms with Gasteiger partial charge in [0.05, 0.1) is 11.2 Å². The standard InChI is InChI=1S/C18H18N6S/c1-12-11-16-19-17(13-7-4-5-8-14(13)24(16)22-12)25-18-21-20-15-9-3-2-6-10-23(15)18/h4-5,7-8,11H,2-3,6,9-10H2,1H3. The molecule has 0 fully saturated rings. The molecule has 0 unspecified atom stereocenters. The van der Waals surface area contributed by atoms with Gasteiger partial charge in [0.25, 0.3) is 0 Å². The molecule has 4 heterocycles. The molecule has 0 amide bonds. The van der Waals surface area contributed by atoms with Crippen molar-refractivity contribution in [3.8, 4) is 0 Å². The van der Waals surface area contributed by atoms with Crippen molar-refractivity contribution in [2.75, 3.05) is 0 Å². The number of fused-ring (bicyclic) bond motifs is 4. The van der Waals surface area contributed by atoms with Gasteiger partial charge in [-0.1, -0.05) is 24.6 Å². The minimum Gasteiger partial charge on any atom is -0.306 e. The maximum atomic E-state index is 4.85. The van der Waals surface area contributed by atoms with E-state index in [0.717, 1.165) is 51.2 Å². The van der Waals surface area contributed by atoms with Crippen LogP contribution in [0.3, 0.4) is 0 Å². The van der Waals surface area contributed by atoms with Crippen LogP contribution in [0.1, 0.15) is 30.8 Å². The highest BCUT2D eigenvalue weighted by Crippen LogP contribution is 2.33. The Balaban J connectivity index is 1.66. The molecule has 4 aromatic rings. The SMILES string of the molecule is Cc1cc2nc(Sc3nnc4n3CCCCC4)c3ccccc3n2n1. The summed E-state index contributed by atoms with van der Waals surface area (Å²) in [6.07, 6.45) is 4.66. The van der Waals surface area contributed by atoms with Crippen LogP contribution in [0.5, 0.6) is 0 Å². The van der Waals surface area contributed by atoms with Gasteiger partial charge >= 0.3 is 0 Å². The first-order valence-electron chi connectivity index (χ1n) is 8.65. The molecule has 25 heavy (non-hydrogen) atoms. The number of hydrogen-bond acceptors (Lipinski definition) is 5. The molecule has 0 aliphatic carbocycles. The normalized spacial score (nSPS) is 14.8. The van der Waals surface area contributed by atoms with Crippen LogP contribution in [0.15, 0.2) is 40.5 Å². The minimum absolute atomic E-state index is 0.870. The van der Waals surface area contributed by atoms with Crippen molar-refractivity contribution in [3.63, 3.8) is 0 Å².